The van der Waals surface area contributed by atoms with Gasteiger partial charge in [0.15, 0.2) is 0 Å². The zero-order valence-corrected chi connectivity index (χ0v) is 13.7. The lowest BCUT2D eigenvalue weighted by Gasteiger charge is -2.30. The zero-order chi connectivity index (χ0) is 16.9. The summed E-state index contributed by atoms with van der Waals surface area (Å²) in [6.45, 7) is 2.20. The van der Waals surface area contributed by atoms with Crippen LogP contribution in [-0.4, -0.2) is 41.4 Å². The fraction of sp³-hybridized carbons (Fsp3) is 0.500. The van der Waals surface area contributed by atoms with Crippen molar-refractivity contribution in [1.82, 2.24) is 10.2 Å². The molecule has 2 aliphatic heterocycles. The first-order valence-corrected chi connectivity index (χ1v) is 8.53. The Morgan fingerprint density at radius 1 is 1.29 bits per heavy atom. The van der Waals surface area contributed by atoms with Gasteiger partial charge in [0.1, 0.15) is 12.1 Å². The molecule has 4 amide bonds. The van der Waals surface area contributed by atoms with Gasteiger partial charge in [0.25, 0.3) is 5.91 Å². The number of hydrogen-bond acceptors (Lipinski definition) is 3. The van der Waals surface area contributed by atoms with Crippen molar-refractivity contribution in [2.45, 2.75) is 38.1 Å². The highest BCUT2D eigenvalue weighted by Crippen LogP contribution is 2.42. The van der Waals surface area contributed by atoms with Crippen LogP contribution in [0.3, 0.4) is 0 Å². The van der Waals surface area contributed by atoms with Gasteiger partial charge in [-0.1, -0.05) is 18.2 Å². The van der Waals surface area contributed by atoms with E-state index in [2.05, 4.69) is 5.32 Å². The highest BCUT2D eigenvalue weighted by atomic mass is 16.2. The lowest BCUT2D eigenvalue weighted by molar-refractivity contribution is -0.134. The number of hydrogen-bond donors (Lipinski definition) is 1. The number of urea groups is 1. The maximum absolute atomic E-state index is 12.8. The predicted molar refractivity (Wildman–Crippen MR) is 88.5 cm³/mol. The van der Waals surface area contributed by atoms with Crippen molar-refractivity contribution >= 4 is 23.5 Å². The van der Waals surface area contributed by atoms with Crippen LogP contribution in [0.4, 0.5) is 10.5 Å². The molecule has 1 unspecified atom stereocenters. The fourth-order valence-electron chi connectivity index (χ4n) is 3.81. The van der Waals surface area contributed by atoms with Crippen LogP contribution in [0.5, 0.6) is 0 Å². The summed E-state index contributed by atoms with van der Waals surface area (Å²) in [4.78, 5) is 40.4. The van der Waals surface area contributed by atoms with Crippen LogP contribution in [-0.2, 0) is 16.0 Å². The molecule has 126 valence electrons. The molecule has 1 aromatic rings. The van der Waals surface area contributed by atoms with Gasteiger partial charge in [-0.25, -0.2) is 4.79 Å². The van der Waals surface area contributed by atoms with Crippen LogP contribution < -0.4 is 10.2 Å². The average Bonchev–Trinajstić information content (AvgIpc) is 3.40. The molecule has 1 N–H and O–H groups in total. The Labute approximate surface area is 140 Å². The fourth-order valence-corrected chi connectivity index (χ4v) is 3.81. The Morgan fingerprint density at radius 3 is 2.79 bits per heavy atom. The molecule has 2 fully saturated rings. The molecule has 6 nitrogen and oxygen atoms in total. The number of aryl methyl sites for hydroxylation is 1. The molecule has 24 heavy (non-hydrogen) atoms. The van der Waals surface area contributed by atoms with Crippen molar-refractivity contribution in [2.75, 3.05) is 18.0 Å². The number of nitrogens with zero attached hydrogens (tertiary/aromatic N) is 2. The van der Waals surface area contributed by atoms with Gasteiger partial charge in [-0.05, 0) is 50.2 Å². The van der Waals surface area contributed by atoms with Crippen LogP contribution in [0.25, 0.3) is 0 Å². The van der Waals surface area contributed by atoms with E-state index in [0.29, 0.717) is 6.54 Å². The smallest absolute Gasteiger partial charge is 0.323 e. The molecule has 3 aliphatic rings. The molecule has 4 rings (SSSR count). The van der Waals surface area contributed by atoms with Crippen molar-refractivity contribution in [3.8, 4) is 0 Å². The molecule has 0 spiro atoms. The second-order valence-corrected chi connectivity index (χ2v) is 7.08. The minimum atomic E-state index is -0.836. The minimum absolute atomic E-state index is 0.193. The second-order valence-electron chi connectivity index (χ2n) is 7.08. The first kappa shape index (κ1) is 15.2. The number of benzene rings is 1. The Kier molecular flexibility index (Phi) is 3.37. The van der Waals surface area contributed by atoms with E-state index < -0.39 is 11.6 Å². The highest BCUT2D eigenvalue weighted by Gasteiger charge is 2.56. The maximum atomic E-state index is 12.8. The molecular formula is C18H21N3O3. The summed E-state index contributed by atoms with van der Waals surface area (Å²) in [5.41, 5.74) is 1.19. The standard InChI is InChI=1S/C18H21N3O3/c1-18(13-8-9-13)16(23)21(17(24)19-18)11-15(22)20-10-4-6-12-5-2-3-7-14(12)20/h2-3,5,7,13H,4,6,8-11H2,1H3,(H,19,24). The number of para-hydroxylation sites is 1. The normalized spacial score (nSPS) is 26.4. The summed E-state index contributed by atoms with van der Waals surface area (Å²) in [7, 11) is 0. The van der Waals surface area contributed by atoms with Crippen molar-refractivity contribution in [2.24, 2.45) is 5.92 Å². The molecule has 1 saturated carbocycles. The Balaban J connectivity index is 1.53. The van der Waals surface area contributed by atoms with E-state index >= 15 is 0 Å². The first-order valence-electron chi connectivity index (χ1n) is 8.53. The molecule has 0 radical (unpaired) electrons. The lowest BCUT2D eigenvalue weighted by Crippen LogP contribution is -2.48. The summed E-state index contributed by atoms with van der Waals surface area (Å²) < 4.78 is 0. The van der Waals surface area contributed by atoms with Crippen molar-refractivity contribution < 1.29 is 14.4 Å². The van der Waals surface area contributed by atoms with Gasteiger partial charge in [-0.15, -0.1) is 0 Å². The molecule has 2 heterocycles. The molecule has 1 aliphatic carbocycles. The number of anilines is 1. The summed E-state index contributed by atoms with van der Waals surface area (Å²) in [6, 6.07) is 7.36. The van der Waals surface area contributed by atoms with E-state index in [1.165, 1.54) is 0 Å². The predicted octanol–water partition coefficient (Wildman–Crippen LogP) is 1.69. The number of fused-ring (bicyclic) bond motifs is 1. The van der Waals surface area contributed by atoms with Gasteiger partial charge in [0, 0.05) is 12.2 Å². The van der Waals surface area contributed by atoms with E-state index in [4.69, 9.17) is 0 Å². The third kappa shape index (κ3) is 2.28. The third-order valence-electron chi connectivity index (χ3n) is 5.40. The van der Waals surface area contributed by atoms with Crippen LogP contribution in [0, 0.1) is 5.92 Å². The van der Waals surface area contributed by atoms with E-state index in [0.717, 1.165) is 41.8 Å². The van der Waals surface area contributed by atoms with E-state index in [1.807, 2.05) is 24.3 Å². The van der Waals surface area contributed by atoms with Gasteiger partial charge >= 0.3 is 6.03 Å². The van der Waals surface area contributed by atoms with Gasteiger partial charge in [-0.2, -0.15) is 0 Å². The molecule has 1 saturated heterocycles. The number of rotatable bonds is 3. The summed E-state index contributed by atoms with van der Waals surface area (Å²) in [6.07, 6.45) is 3.74. The first-order chi connectivity index (χ1) is 11.5. The van der Waals surface area contributed by atoms with Gasteiger partial charge < -0.3 is 10.2 Å². The van der Waals surface area contributed by atoms with Gasteiger partial charge in [-0.3, -0.25) is 14.5 Å². The largest absolute Gasteiger partial charge is 0.325 e. The molecular weight excluding hydrogens is 306 g/mol. The number of imide groups is 1. The second kappa shape index (κ2) is 5.33. The van der Waals surface area contributed by atoms with Crippen molar-refractivity contribution in [3.05, 3.63) is 29.8 Å². The van der Waals surface area contributed by atoms with Crippen LogP contribution in [0.2, 0.25) is 0 Å². The number of carbonyl (C=O) groups excluding carboxylic acids is 3. The van der Waals surface area contributed by atoms with E-state index in [9.17, 15) is 14.4 Å². The monoisotopic (exact) mass is 327 g/mol. The SMILES string of the molecule is CC1(C2CC2)NC(=O)N(CC(=O)N2CCCc3ccccc32)C1=O. The van der Waals surface area contributed by atoms with Crippen LogP contribution in [0.1, 0.15) is 31.7 Å². The summed E-state index contributed by atoms with van der Waals surface area (Å²) in [5, 5.41) is 2.79. The number of carbonyl (C=O) groups is 3. The lowest BCUT2D eigenvalue weighted by atomic mass is 9.96. The highest BCUT2D eigenvalue weighted by molar-refractivity contribution is 6.10. The quantitative estimate of drug-likeness (QED) is 0.859. The molecule has 1 aromatic carbocycles. The van der Waals surface area contributed by atoms with Crippen LogP contribution in [0.15, 0.2) is 24.3 Å². The molecule has 0 aromatic heterocycles. The minimum Gasteiger partial charge on any atom is -0.323 e. The number of amides is 4. The Hall–Kier alpha value is -2.37. The Morgan fingerprint density at radius 2 is 2.04 bits per heavy atom. The Bertz CT molecular complexity index is 728. The van der Waals surface area contributed by atoms with Crippen molar-refractivity contribution in [3.63, 3.8) is 0 Å². The molecule has 0 bridgehead atoms. The van der Waals surface area contributed by atoms with Crippen molar-refractivity contribution in [1.29, 1.82) is 0 Å². The topological polar surface area (TPSA) is 69.7 Å². The maximum Gasteiger partial charge on any atom is 0.325 e. The van der Waals surface area contributed by atoms with E-state index in [-0.39, 0.29) is 24.3 Å². The van der Waals surface area contributed by atoms with E-state index in [1.54, 1.807) is 11.8 Å². The third-order valence-corrected chi connectivity index (χ3v) is 5.40. The van der Waals surface area contributed by atoms with Gasteiger partial charge in [0.2, 0.25) is 5.91 Å². The molecule has 1 atom stereocenters. The summed E-state index contributed by atoms with van der Waals surface area (Å²) >= 11 is 0. The van der Waals surface area contributed by atoms with Crippen LogP contribution >= 0.6 is 0 Å². The average molecular weight is 327 g/mol. The zero-order valence-electron chi connectivity index (χ0n) is 13.7. The van der Waals surface area contributed by atoms with Gasteiger partial charge in [0.05, 0.1) is 0 Å². The summed E-state index contributed by atoms with van der Waals surface area (Å²) in [5.74, 6) is -0.274. The number of nitrogens with one attached hydrogen (secondary N) is 1. The molecule has 6 heteroatoms.